The number of hydrogen-bond donors (Lipinski definition) is 3. The summed E-state index contributed by atoms with van der Waals surface area (Å²) >= 11 is 0. The molecular formula is C11H17N3O3S. The molecule has 18 heavy (non-hydrogen) atoms. The Morgan fingerprint density at radius 1 is 1.39 bits per heavy atom. The van der Waals surface area contributed by atoms with E-state index in [9.17, 15) is 13.2 Å². The molecule has 0 atom stereocenters. The van der Waals surface area contributed by atoms with Gasteiger partial charge in [-0.05, 0) is 24.6 Å². The van der Waals surface area contributed by atoms with Gasteiger partial charge in [-0.2, -0.15) is 0 Å². The maximum atomic E-state index is 11.8. The minimum absolute atomic E-state index is 0.0341. The number of nitrogens with two attached hydrogens (primary N) is 1. The van der Waals surface area contributed by atoms with E-state index >= 15 is 0 Å². The lowest BCUT2D eigenvalue weighted by Crippen LogP contribution is -2.39. The molecule has 0 spiro atoms. The lowest BCUT2D eigenvalue weighted by Gasteiger charge is -2.08. The molecule has 0 heterocycles. The van der Waals surface area contributed by atoms with Crippen LogP contribution in [0.25, 0.3) is 0 Å². The summed E-state index contributed by atoms with van der Waals surface area (Å²) in [5, 5.41) is 2.46. The fourth-order valence-electron chi connectivity index (χ4n) is 1.28. The Labute approximate surface area is 107 Å². The third-order valence-electron chi connectivity index (χ3n) is 2.21. The van der Waals surface area contributed by atoms with Crippen molar-refractivity contribution in [2.45, 2.75) is 24.7 Å². The number of carbonyl (C=O) groups excluding carboxylic acids is 1. The number of rotatable bonds is 5. The molecule has 0 bridgehead atoms. The van der Waals surface area contributed by atoms with E-state index in [1.807, 2.05) is 11.6 Å². The van der Waals surface area contributed by atoms with Crippen LogP contribution in [-0.2, 0) is 10.0 Å². The number of nitrogens with one attached hydrogen (secondary N) is 2. The predicted octanol–water partition coefficient (Wildman–Crippen LogP) is 1.06. The van der Waals surface area contributed by atoms with Gasteiger partial charge in [0.2, 0.25) is 0 Å². The first kappa shape index (κ1) is 14.3. The lowest BCUT2D eigenvalue weighted by molar-refractivity contribution is 0.245. The highest BCUT2D eigenvalue weighted by Crippen LogP contribution is 2.12. The summed E-state index contributed by atoms with van der Waals surface area (Å²) in [6.07, 6.45) is 1.72. The van der Waals surface area contributed by atoms with Crippen molar-refractivity contribution in [1.82, 2.24) is 10.0 Å². The van der Waals surface area contributed by atoms with Gasteiger partial charge in [0.1, 0.15) is 0 Å². The summed E-state index contributed by atoms with van der Waals surface area (Å²) in [6.45, 7) is 2.41. The van der Waals surface area contributed by atoms with Gasteiger partial charge >= 0.3 is 6.03 Å². The van der Waals surface area contributed by atoms with E-state index < -0.39 is 16.1 Å². The zero-order valence-electron chi connectivity index (χ0n) is 10.1. The number of hydrogen-bond acceptors (Lipinski definition) is 4. The third kappa shape index (κ3) is 4.25. The highest BCUT2D eigenvalue weighted by atomic mass is 32.2. The van der Waals surface area contributed by atoms with Crippen molar-refractivity contribution in [3.8, 4) is 0 Å². The second-order valence-corrected chi connectivity index (χ2v) is 5.47. The second kappa shape index (κ2) is 6.25. The van der Waals surface area contributed by atoms with Gasteiger partial charge in [-0.25, -0.2) is 17.9 Å². The molecule has 2 amide bonds. The van der Waals surface area contributed by atoms with Gasteiger partial charge < -0.3 is 11.1 Å². The Kier molecular flexibility index (Phi) is 4.96. The quantitative estimate of drug-likeness (QED) is 0.550. The lowest BCUT2D eigenvalue weighted by atomic mass is 10.3. The van der Waals surface area contributed by atoms with E-state index in [2.05, 4.69) is 5.32 Å². The molecule has 6 nitrogen and oxygen atoms in total. The number of unbranched alkanes of at least 4 members (excludes halogenated alkanes) is 1. The van der Waals surface area contributed by atoms with E-state index in [1.165, 1.54) is 18.2 Å². The SMILES string of the molecule is CCCCNC(=O)NS(=O)(=O)c1cccc(N)c1. The van der Waals surface area contributed by atoms with Crippen LogP contribution in [0.4, 0.5) is 10.5 Å². The molecule has 0 aliphatic rings. The first-order chi connectivity index (χ1) is 8.45. The van der Waals surface area contributed by atoms with E-state index in [-0.39, 0.29) is 4.90 Å². The van der Waals surface area contributed by atoms with Crippen molar-refractivity contribution in [2.24, 2.45) is 0 Å². The van der Waals surface area contributed by atoms with Crippen molar-refractivity contribution in [1.29, 1.82) is 0 Å². The summed E-state index contributed by atoms with van der Waals surface area (Å²) < 4.78 is 25.5. The normalized spacial score (nSPS) is 10.9. The summed E-state index contributed by atoms with van der Waals surface area (Å²) in [5.74, 6) is 0. The first-order valence-corrected chi connectivity index (χ1v) is 7.10. The molecule has 0 unspecified atom stereocenters. The molecule has 0 saturated carbocycles. The first-order valence-electron chi connectivity index (χ1n) is 5.62. The van der Waals surface area contributed by atoms with Crippen molar-refractivity contribution in [3.05, 3.63) is 24.3 Å². The van der Waals surface area contributed by atoms with Crippen LogP contribution in [-0.4, -0.2) is 21.0 Å². The summed E-state index contributed by atoms with van der Waals surface area (Å²) in [5.41, 5.74) is 5.81. The van der Waals surface area contributed by atoms with E-state index in [4.69, 9.17) is 5.73 Å². The standard InChI is InChI=1S/C11H17N3O3S/c1-2-3-7-13-11(15)14-18(16,17)10-6-4-5-9(12)8-10/h4-6,8H,2-3,7,12H2,1H3,(H2,13,14,15). The zero-order valence-corrected chi connectivity index (χ0v) is 11.0. The van der Waals surface area contributed by atoms with Gasteiger partial charge in [0.25, 0.3) is 10.0 Å². The summed E-state index contributed by atoms with van der Waals surface area (Å²) in [6, 6.07) is 5.02. The third-order valence-corrected chi connectivity index (χ3v) is 3.54. The molecule has 100 valence electrons. The number of amides is 2. The topological polar surface area (TPSA) is 101 Å². The van der Waals surface area contributed by atoms with Crippen LogP contribution >= 0.6 is 0 Å². The number of carbonyl (C=O) groups is 1. The van der Waals surface area contributed by atoms with Crippen LogP contribution in [0.3, 0.4) is 0 Å². The van der Waals surface area contributed by atoms with Crippen LogP contribution in [0.2, 0.25) is 0 Å². The molecule has 0 saturated heterocycles. The molecular weight excluding hydrogens is 254 g/mol. The monoisotopic (exact) mass is 271 g/mol. The minimum atomic E-state index is -3.86. The fourth-order valence-corrected chi connectivity index (χ4v) is 2.26. The Morgan fingerprint density at radius 2 is 2.11 bits per heavy atom. The average molecular weight is 271 g/mol. The fraction of sp³-hybridized carbons (Fsp3) is 0.364. The number of anilines is 1. The van der Waals surface area contributed by atoms with Gasteiger partial charge in [0.15, 0.2) is 0 Å². The van der Waals surface area contributed by atoms with Crippen LogP contribution in [0.15, 0.2) is 29.2 Å². The Morgan fingerprint density at radius 3 is 2.72 bits per heavy atom. The second-order valence-electron chi connectivity index (χ2n) is 3.79. The Bertz CT molecular complexity index is 514. The van der Waals surface area contributed by atoms with Gasteiger partial charge in [0.05, 0.1) is 4.90 Å². The molecule has 1 aromatic carbocycles. The molecule has 0 aliphatic heterocycles. The summed E-state index contributed by atoms with van der Waals surface area (Å²) in [7, 11) is -3.86. The Balaban J connectivity index is 2.68. The van der Waals surface area contributed by atoms with Gasteiger partial charge in [-0.1, -0.05) is 19.4 Å². The molecule has 7 heteroatoms. The minimum Gasteiger partial charge on any atom is -0.399 e. The predicted molar refractivity (Wildman–Crippen MR) is 69.5 cm³/mol. The van der Waals surface area contributed by atoms with E-state index in [0.717, 1.165) is 12.8 Å². The van der Waals surface area contributed by atoms with Crippen LogP contribution in [0, 0.1) is 0 Å². The number of benzene rings is 1. The smallest absolute Gasteiger partial charge is 0.328 e. The average Bonchev–Trinajstić information content (AvgIpc) is 2.28. The molecule has 1 aromatic rings. The summed E-state index contributed by atoms with van der Waals surface area (Å²) in [4.78, 5) is 11.3. The molecule has 0 radical (unpaired) electrons. The van der Waals surface area contributed by atoms with Crippen molar-refractivity contribution < 1.29 is 13.2 Å². The van der Waals surface area contributed by atoms with E-state index in [0.29, 0.717) is 12.2 Å². The van der Waals surface area contributed by atoms with Gasteiger partial charge in [0, 0.05) is 12.2 Å². The molecule has 0 aliphatic carbocycles. The zero-order chi connectivity index (χ0) is 13.6. The van der Waals surface area contributed by atoms with Crippen LogP contribution < -0.4 is 15.8 Å². The largest absolute Gasteiger partial charge is 0.399 e. The highest BCUT2D eigenvalue weighted by Gasteiger charge is 2.17. The maximum absolute atomic E-state index is 11.8. The van der Waals surface area contributed by atoms with Gasteiger partial charge in [-0.15, -0.1) is 0 Å². The molecule has 4 N–H and O–H groups in total. The van der Waals surface area contributed by atoms with Crippen LogP contribution in [0.1, 0.15) is 19.8 Å². The number of urea groups is 1. The molecule has 1 rings (SSSR count). The van der Waals surface area contributed by atoms with Crippen LogP contribution in [0.5, 0.6) is 0 Å². The van der Waals surface area contributed by atoms with Gasteiger partial charge in [-0.3, -0.25) is 0 Å². The number of nitrogen functional groups attached to an aromatic ring is 1. The Hall–Kier alpha value is -1.76. The van der Waals surface area contributed by atoms with Crippen molar-refractivity contribution in [3.63, 3.8) is 0 Å². The molecule has 0 fully saturated rings. The van der Waals surface area contributed by atoms with Crippen molar-refractivity contribution in [2.75, 3.05) is 12.3 Å². The van der Waals surface area contributed by atoms with Crippen molar-refractivity contribution >= 4 is 21.7 Å². The maximum Gasteiger partial charge on any atom is 0.328 e. The number of sulfonamides is 1. The molecule has 0 aromatic heterocycles. The van der Waals surface area contributed by atoms with E-state index in [1.54, 1.807) is 6.07 Å². The highest BCUT2D eigenvalue weighted by molar-refractivity contribution is 7.90.